The van der Waals surface area contributed by atoms with Gasteiger partial charge in [0.2, 0.25) is 5.91 Å². The Morgan fingerprint density at radius 3 is 2.48 bits per heavy atom. The second kappa shape index (κ2) is 10.0. The zero-order chi connectivity index (χ0) is 14.5. The Bertz CT molecular complexity index is 353. The molecule has 1 amide bonds. The van der Waals surface area contributed by atoms with Crippen molar-refractivity contribution in [1.29, 1.82) is 0 Å². The lowest BCUT2D eigenvalue weighted by atomic mass is 9.89. The van der Waals surface area contributed by atoms with Crippen molar-refractivity contribution in [3.63, 3.8) is 0 Å². The molecule has 5 nitrogen and oxygen atoms in total. The van der Waals surface area contributed by atoms with E-state index in [1.807, 2.05) is 0 Å². The first kappa shape index (κ1) is 21.0. The third kappa shape index (κ3) is 5.46. The van der Waals surface area contributed by atoms with Gasteiger partial charge in [-0.3, -0.25) is 9.69 Å². The summed E-state index contributed by atoms with van der Waals surface area (Å²) in [5.74, 6) is 0.247. The van der Waals surface area contributed by atoms with Crippen molar-refractivity contribution in [2.45, 2.75) is 56.5 Å². The maximum absolute atomic E-state index is 12.5. The second-order valence-electron chi connectivity index (χ2n) is 6.82. The first-order valence-electron chi connectivity index (χ1n) is 8.61. The molecule has 0 aromatic rings. The number of amides is 1. The topological polar surface area (TPSA) is 53.6 Å². The molecule has 23 heavy (non-hydrogen) atoms. The zero-order valence-corrected chi connectivity index (χ0v) is 15.5. The van der Waals surface area contributed by atoms with Crippen LogP contribution in [-0.2, 0) is 9.53 Å². The predicted molar refractivity (Wildman–Crippen MR) is 96.7 cm³/mol. The molecule has 7 heteroatoms. The van der Waals surface area contributed by atoms with Crippen LogP contribution in [0.4, 0.5) is 0 Å². The lowest BCUT2D eigenvalue weighted by Gasteiger charge is -2.43. The van der Waals surface area contributed by atoms with Crippen molar-refractivity contribution >= 4 is 30.7 Å². The van der Waals surface area contributed by atoms with E-state index in [1.54, 1.807) is 0 Å². The molecule has 3 rings (SSSR count). The molecular formula is C16H31Cl2N3O2. The van der Waals surface area contributed by atoms with Crippen LogP contribution in [0.15, 0.2) is 0 Å². The Labute approximate surface area is 152 Å². The van der Waals surface area contributed by atoms with E-state index in [2.05, 4.69) is 15.5 Å². The highest BCUT2D eigenvalue weighted by Gasteiger charge is 2.41. The first-order chi connectivity index (χ1) is 10.3. The summed E-state index contributed by atoms with van der Waals surface area (Å²) in [6, 6.07) is 0.328. The summed E-state index contributed by atoms with van der Waals surface area (Å²) in [5, 5.41) is 6.62. The number of piperidine rings is 1. The number of carbonyl (C=O) groups excluding carboxylic acids is 1. The second-order valence-corrected chi connectivity index (χ2v) is 6.82. The minimum atomic E-state index is 0. The van der Waals surface area contributed by atoms with Crippen LogP contribution >= 0.6 is 24.8 Å². The van der Waals surface area contributed by atoms with Crippen LogP contribution in [0.3, 0.4) is 0 Å². The molecule has 0 aromatic heterocycles. The van der Waals surface area contributed by atoms with E-state index < -0.39 is 0 Å². The fraction of sp³-hybridized carbons (Fsp3) is 0.938. The molecule has 3 aliphatic rings. The average Bonchev–Trinajstić information content (AvgIpc) is 2.99. The SMILES string of the molecule is Cl.Cl.O=C(CC1(N2CCOCC2)CCCC1)NC1CCCNC1. The fourth-order valence-corrected chi connectivity index (χ4v) is 4.23. The summed E-state index contributed by atoms with van der Waals surface area (Å²) in [6.07, 6.45) is 7.81. The van der Waals surface area contributed by atoms with Gasteiger partial charge in [-0.05, 0) is 32.2 Å². The van der Waals surface area contributed by atoms with E-state index in [1.165, 1.54) is 32.1 Å². The summed E-state index contributed by atoms with van der Waals surface area (Å²) in [7, 11) is 0. The van der Waals surface area contributed by atoms with Gasteiger partial charge in [-0.25, -0.2) is 0 Å². The maximum atomic E-state index is 12.5. The average molecular weight is 368 g/mol. The third-order valence-corrected chi connectivity index (χ3v) is 5.37. The first-order valence-corrected chi connectivity index (χ1v) is 8.61. The summed E-state index contributed by atoms with van der Waals surface area (Å²) in [5.41, 5.74) is 0.107. The third-order valence-electron chi connectivity index (χ3n) is 5.37. The van der Waals surface area contributed by atoms with Gasteiger partial charge in [-0.1, -0.05) is 12.8 Å². The van der Waals surface area contributed by atoms with Gasteiger partial charge in [0.15, 0.2) is 0 Å². The number of hydrogen-bond acceptors (Lipinski definition) is 4. The van der Waals surface area contributed by atoms with Crippen LogP contribution in [0.5, 0.6) is 0 Å². The smallest absolute Gasteiger partial charge is 0.222 e. The van der Waals surface area contributed by atoms with Crippen molar-refractivity contribution in [1.82, 2.24) is 15.5 Å². The number of nitrogens with one attached hydrogen (secondary N) is 2. The van der Waals surface area contributed by atoms with E-state index in [4.69, 9.17) is 4.74 Å². The van der Waals surface area contributed by atoms with E-state index in [-0.39, 0.29) is 36.3 Å². The number of nitrogens with zero attached hydrogens (tertiary/aromatic N) is 1. The highest BCUT2D eigenvalue weighted by molar-refractivity contribution is 5.85. The highest BCUT2D eigenvalue weighted by Crippen LogP contribution is 2.38. The molecule has 2 N–H and O–H groups in total. The van der Waals surface area contributed by atoms with Gasteiger partial charge in [0.1, 0.15) is 0 Å². The van der Waals surface area contributed by atoms with Gasteiger partial charge < -0.3 is 15.4 Å². The minimum absolute atomic E-state index is 0. The van der Waals surface area contributed by atoms with Gasteiger partial charge in [-0.15, -0.1) is 24.8 Å². The number of halogens is 2. The monoisotopic (exact) mass is 367 g/mol. The van der Waals surface area contributed by atoms with Crippen molar-refractivity contribution in [2.75, 3.05) is 39.4 Å². The highest BCUT2D eigenvalue weighted by atomic mass is 35.5. The summed E-state index contributed by atoms with van der Waals surface area (Å²) in [4.78, 5) is 15.0. The summed E-state index contributed by atoms with van der Waals surface area (Å²) < 4.78 is 5.48. The number of hydrogen-bond donors (Lipinski definition) is 2. The molecule has 1 saturated carbocycles. The molecule has 0 radical (unpaired) electrons. The van der Waals surface area contributed by atoms with Crippen LogP contribution in [0.25, 0.3) is 0 Å². The quantitative estimate of drug-likeness (QED) is 0.794. The molecule has 136 valence electrons. The Hall–Kier alpha value is -0.0700. The maximum Gasteiger partial charge on any atom is 0.222 e. The lowest BCUT2D eigenvalue weighted by molar-refractivity contribution is -0.126. The molecule has 0 spiro atoms. The normalized spacial score (nSPS) is 27.6. The van der Waals surface area contributed by atoms with E-state index in [0.717, 1.165) is 45.8 Å². The predicted octanol–water partition coefficient (Wildman–Crippen LogP) is 1.73. The largest absolute Gasteiger partial charge is 0.379 e. The molecule has 2 aliphatic heterocycles. The zero-order valence-electron chi connectivity index (χ0n) is 13.8. The fourth-order valence-electron chi connectivity index (χ4n) is 4.23. The summed E-state index contributed by atoms with van der Waals surface area (Å²) in [6.45, 7) is 5.61. The van der Waals surface area contributed by atoms with Gasteiger partial charge in [-0.2, -0.15) is 0 Å². The molecule has 3 fully saturated rings. The molecule has 1 atom stereocenters. The molecule has 0 aromatic carbocycles. The van der Waals surface area contributed by atoms with Gasteiger partial charge >= 0.3 is 0 Å². The molecule has 0 bridgehead atoms. The van der Waals surface area contributed by atoms with Crippen molar-refractivity contribution in [2.24, 2.45) is 0 Å². The van der Waals surface area contributed by atoms with Crippen molar-refractivity contribution in [3.05, 3.63) is 0 Å². The van der Waals surface area contributed by atoms with Crippen LogP contribution in [-0.4, -0.2) is 61.8 Å². The molecule has 1 aliphatic carbocycles. The van der Waals surface area contributed by atoms with Crippen molar-refractivity contribution < 1.29 is 9.53 Å². The van der Waals surface area contributed by atoms with Crippen LogP contribution < -0.4 is 10.6 Å². The molecular weight excluding hydrogens is 337 g/mol. The Kier molecular flexibility index (Phi) is 9.16. The van der Waals surface area contributed by atoms with Crippen LogP contribution in [0.2, 0.25) is 0 Å². The van der Waals surface area contributed by atoms with Gasteiger partial charge in [0, 0.05) is 37.6 Å². The van der Waals surface area contributed by atoms with Gasteiger partial charge in [0.25, 0.3) is 0 Å². The van der Waals surface area contributed by atoms with Crippen LogP contribution in [0, 0.1) is 0 Å². The van der Waals surface area contributed by atoms with E-state index >= 15 is 0 Å². The number of ether oxygens (including phenoxy) is 1. The molecule has 1 unspecified atom stereocenters. The number of carbonyl (C=O) groups is 1. The Balaban J connectivity index is 0.00000132. The van der Waals surface area contributed by atoms with E-state index in [0.29, 0.717) is 12.5 Å². The molecule has 2 saturated heterocycles. The van der Waals surface area contributed by atoms with Crippen LogP contribution in [0.1, 0.15) is 44.9 Å². The number of rotatable bonds is 4. The van der Waals surface area contributed by atoms with Crippen molar-refractivity contribution in [3.8, 4) is 0 Å². The number of morpholine rings is 1. The minimum Gasteiger partial charge on any atom is -0.379 e. The molecule has 2 heterocycles. The van der Waals surface area contributed by atoms with E-state index in [9.17, 15) is 4.79 Å². The standard InChI is InChI=1S/C16H29N3O2.2ClH/c20-15(18-14-4-3-7-17-13-14)12-16(5-1-2-6-16)19-8-10-21-11-9-19;;/h14,17H,1-13H2,(H,18,20);2*1H. The van der Waals surface area contributed by atoms with Gasteiger partial charge in [0.05, 0.1) is 13.2 Å². The lowest BCUT2D eigenvalue weighted by Crippen LogP contribution is -2.55. The Morgan fingerprint density at radius 1 is 1.17 bits per heavy atom. The Morgan fingerprint density at radius 2 is 1.87 bits per heavy atom. The summed E-state index contributed by atoms with van der Waals surface area (Å²) >= 11 is 0.